The van der Waals surface area contributed by atoms with Crippen molar-refractivity contribution in [3.05, 3.63) is 22.5 Å². The standard InChI is InChI=1S/C16H21N3O4/c1-5-6-11-15(22)19(16(23)18-11)7-12(21)14-8(2)13(10(4)20)9(3)17-14/h11,17H,5-7H2,1-4H3,(H,18,23)/t11-/m0/s1. The molecule has 0 aliphatic carbocycles. The van der Waals surface area contributed by atoms with Gasteiger partial charge in [0.1, 0.15) is 6.04 Å². The Bertz CT molecular complexity index is 690. The average molecular weight is 319 g/mol. The topological polar surface area (TPSA) is 99.3 Å². The summed E-state index contributed by atoms with van der Waals surface area (Å²) in [6.07, 6.45) is 1.31. The molecule has 3 amide bonds. The molecule has 2 heterocycles. The van der Waals surface area contributed by atoms with Crippen LogP contribution in [0.4, 0.5) is 4.79 Å². The fraction of sp³-hybridized carbons (Fsp3) is 0.500. The van der Waals surface area contributed by atoms with Crippen molar-refractivity contribution in [2.45, 2.75) is 46.6 Å². The molecule has 0 bridgehead atoms. The Balaban J connectivity index is 2.20. The van der Waals surface area contributed by atoms with Crippen LogP contribution in [0.1, 0.15) is 58.8 Å². The summed E-state index contributed by atoms with van der Waals surface area (Å²) >= 11 is 0. The Morgan fingerprint density at radius 2 is 1.87 bits per heavy atom. The first kappa shape index (κ1) is 16.9. The third kappa shape index (κ3) is 3.04. The Labute approximate surface area is 134 Å². The lowest BCUT2D eigenvalue weighted by molar-refractivity contribution is -0.127. The van der Waals surface area contributed by atoms with Gasteiger partial charge in [-0.1, -0.05) is 13.3 Å². The highest BCUT2D eigenvalue weighted by Gasteiger charge is 2.38. The second-order valence-corrected chi connectivity index (χ2v) is 5.82. The molecule has 0 saturated carbocycles. The Morgan fingerprint density at radius 3 is 2.39 bits per heavy atom. The van der Waals surface area contributed by atoms with Gasteiger partial charge in [0.2, 0.25) is 0 Å². The maximum absolute atomic E-state index is 12.4. The predicted molar refractivity (Wildman–Crippen MR) is 83.5 cm³/mol. The maximum atomic E-state index is 12.4. The van der Waals surface area contributed by atoms with Gasteiger partial charge in [0.15, 0.2) is 11.6 Å². The van der Waals surface area contributed by atoms with E-state index < -0.39 is 17.9 Å². The minimum absolute atomic E-state index is 0.131. The molecule has 2 N–H and O–H groups in total. The number of ketones is 2. The third-order valence-electron chi connectivity index (χ3n) is 4.05. The zero-order valence-corrected chi connectivity index (χ0v) is 13.8. The van der Waals surface area contributed by atoms with Gasteiger partial charge in [-0.25, -0.2) is 4.79 Å². The first-order valence-electron chi connectivity index (χ1n) is 7.63. The number of rotatable bonds is 6. The van der Waals surface area contributed by atoms with Crippen molar-refractivity contribution in [1.82, 2.24) is 15.2 Å². The summed E-state index contributed by atoms with van der Waals surface area (Å²) in [6, 6.07) is -1.10. The van der Waals surface area contributed by atoms with Gasteiger partial charge >= 0.3 is 6.03 Å². The van der Waals surface area contributed by atoms with Crippen LogP contribution >= 0.6 is 0 Å². The predicted octanol–water partition coefficient (Wildman–Crippen LogP) is 1.74. The number of aryl methyl sites for hydroxylation is 1. The molecule has 1 saturated heterocycles. The fourth-order valence-electron chi connectivity index (χ4n) is 2.99. The van der Waals surface area contributed by atoms with Crippen LogP contribution in [0.15, 0.2) is 0 Å². The van der Waals surface area contributed by atoms with Crippen LogP contribution in [-0.4, -0.2) is 46.0 Å². The first-order valence-corrected chi connectivity index (χ1v) is 7.63. The number of Topliss-reactive ketones (excluding diaryl/α,β-unsaturated/α-hetero) is 2. The number of carbonyl (C=O) groups is 4. The molecule has 1 fully saturated rings. The number of nitrogens with one attached hydrogen (secondary N) is 2. The van der Waals surface area contributed by atoms with E-state index in [0.29, 0.717) is 23.2 Å². The number of hydrogen-bond acceptors (Lipinski definition) is 4. The van der Waals surface area contributed by atoms with Crippen LogP contribution in [0, 0.1) is 13.8 Å². The number of aromatic nitrogens is 1. The van der Waals surface area contributed by atoms with E-state index in [1.165, 1.54) is 6.92 Å². The molecule has 0 radical (unpaired) electrons. The number of imide groups is 1. The van der Waals surface area contributed by atoms with Crippen molar-refractivity contribution in [1.29, 1.82) is 0 Å². The van der Waals surface area contributed by atoms with E-state index in [2.05, 4.69) is 10.3 Å². The number of amides is 3. The molecule has 0 aromatic carbocycles. The van der Waals surface area contributed by atoms with E-state index in [-0.39, 0.29) is 23.9 Å². The lowest BCUT2D eigenvalue weighted by Gasteiger charge is -2.11. The lowest BCUT2D eigenvalue weighted by atomic mass is 10.1. The normalized spacial score (nSPS) is 17.6. The summed E-state index contributed by atoms with van der Waals surface area (Å²) in [5, 5.41) is 2.58. The van der Waals surface area contributed by atoms with E-state index in [1.54, 1.807) is 13.8 Å². The van der Waals surface area contributed by atoms with Crippen molar-refractivity contribution in [2.75, 3.05) is 6.54 Å². The van der Waals surface area contributed by atoms with Crippen LogP contribution in [0.3, 0.4) is 0 Å². The Hall–Kier alpha value is -2.44. The van der Waals surface area contributed by atoms with Gasteiger partial charge in [-0.2, -0.15) is 0 Å². The maximum Gasteiger partial charge on any atom is 0.325 e. The Kier molecular flexibility index (Phi) is 4.68. The zero-order valence-electron chi connectivity index (χ0n) is 13.8. The molecular formula is C16H21N3O4. The van der Waals surface area contributed by atoms with Crippen molar-refractivity contribution < 1.29 is 19.2 Å². The highest BCUT2D eigenvalue weighted by molar-refractivity contribution is 6.10. The SMILES string of the molecule is CCC[C@@H]1NC(=O)N(CC(=O)c2[nH]c(C)c(C(C)=O)c2C)C1=O. The second kappa shape index (κ2) is 6.36. The van der Waals surface area contributed by atoms with Gasteiger partial charge in [0.25, 0.3) is 5.91 Å². The Morgan fingerprint density at radius 1 is 1.22 bits per heavy atom. The lowest BCUT2D eigenvalue weighted by Crippen LogP contribution is -2.36. The summed E-state index contributed by atoms with van der Waals surface area (Å²) in [5.41, 5.74) is 1.92. The smallest absolute Gasteiger partial charge is 0.325 e. The minimum atomic E-state index is -0.556. The fourth-order valence-corrected chi connectivity index (χ4v) is 2.99. The van der Waals surface area contributed by atoms with Crippen LogP contribution in [0.5, 0.6) is 0 Å². The average Bonchev–Trinajstić information content (AvgIpc) is 2.90. The molecule has 124 valence electrons. The van der Waals surface area contributed by atoms with E-state index in [0.717, 1.165) is 11.3 Å². The molecule has 23 heavy (non-hydrogen) atoms. The molecular weight excluding hydrogens is 298 g/mol. The van der Waals surface area contributed by atoms with E-state index in [1.807, 2.05) is 6.92 Å². The highest BCUT2D eigenvalue weighted by atomic mass is 16.2. The van der Waals surface area contributed by atoms with Gasteiger partial charge in [0, 0.05) is 11.3 Å². The summed E-state index contributed by atoms with van der Waals surface area (Å²) in [5.74, 6) is -0.898. The number of carbonyl (C=O) groups excluding carboxylic acids is 4. The molecule has 1 aromatic rings. The number of aromatic amines is 1. The van der Waals surface area contributed by atoms with Gasteiger partial charge in [-0.15, -0.1) is 0 Å². The van der Waals surface area contributed by atoms with E-state index in [9.17, 15) is 19.2 Å². The highest BCUT2D eigenvalue weighted by Crippen LogP contribution is 2.20. The third-order valence-corrected chi connectivity index (χ3v) is 4.05. The minimum Gasteiger partial charge on any atom is -0.355 e. The van der Waals surface area contributed by atoms with Crippen LogP contribution in [-0.2, 0) is 4.79 Å². The van der Waals surface area contributed by atoms with Crippen molar-refractivity contribution >= 4 is 23.5 Å². The molecule has 1 aromatic heterocycles. The van der Waals surface area contributed by atoms with Crippen LogP contribution in [0.25, 0.3) is 0 Å². The second-order valence-electron chi connectivity index (χ2n) is 5.82. The molecule has 0 unspecified atom stereocenters. The van der Waals surface area contributed by atoms with Gasteiger partial charge in [-0.3, -0.25) is 19.3 Å². The summed E-state index contributed by atoms with van der Waals surface area (Å²) in [4.78, 5) is 51.9. The van der Waals surface area contributed by atoms with E-state index >= 15 is 0 Å². The molecule has 1 aliphatic rings. The number of hydrogen-bond donors (Lipinski definition) is 2. The number of urea groups is 1. The van der Waals surface area contributed by atoms with Crippen molar-refractivity contribution in [3.63, 3.8) is 0 Å². The molecule has 7 heteroatoms. The molecule has 0 spiro atoms. The first-order chi connectivity index (χ1) is 10.8. The summed E-state index contributed by atoms with van der Waals surface area (Å²) < 4.78 is 0. The summed E-state index contributed by atoms with van der Waals surface area (Å²) in [6.45, 7) is 6.42. The van der Waals surface area contributed by atoms with Crippen molar-refractivity contribution in [2.24, 2.45) is 0 Å². The number of H-pyrrole nitrogens is 1. The molecule has 1 atom stereocenters. The van der Waals surface area contributed by atoms with E-state index in [4.69, 9.17) is 0 Å². The monoisotopic (exact) mass is 319 g/mol. The van der Waals surface area contributed by atoms with Crippen LogP contribution in [0.2, 0.25) is 0 Å². The van der Waals surface area contributed by atoms with Crippen LogP contribution < -0.4 is 5.32 Å². The van der Waals surface area contributed by atoms with Gasteiger partial charge < -0.3 is 10.3 Å². The van der Waals surface area contributed by atoms with Gasteiger partial charge in [0.05, 0.1) is 12.2 Å². The largest absolute Gasteiger partial charge is 0.355 e. The zero-order chi connectivity index (χ0) is 17.3. The van der Waals surface area contributed by atoms with Crippen molar-refractivity contribution in [3.8, 4) is 0 Å². The number of nitrogens with zero attached hydrogens (tertiary/aromatic N) is 1. The summed E-state index contributed by atoms with van der Waals surface area (Å²) in [7, 11) is 0. The van der Waals surface area contributed by atoms with Gasteiger partial charge in [-0.05, 0) is 32.8 Å². The quantitative estimate of drug-likeness (QED) is 0.616. The molecule has 1 aliphatic heterocycles. The molecule has 7 nitrogen and oxygen atoms in total. The molecule has 2 rings (SSSR count).